The van der Waals surface area contributed by atoms with Gasteiger partial charge >= 0.3 is 6.18 Å². The number of sulfonamides is 1. The number of nitrogens with zero attached hydrogens (tertiary/aromatic N) is 2. The number of anilines is 1. The molecule has 31 heavy (non-hydrogen) atoms. The van der Waals surface area contributed by atoms with Gasteiger partial charge in [0.2, 0.25) is 10.0 Å². The van der Waals surface area contributed by atoms with Gasteiger partial charge in [-0.2, -0.15) is 18.4 Å². The van der Waals surface area contributed by atoms with Crippen molar-refractivity contribution in [2.75, 3.05) is 18.4 Å². The molecule has 1 aromatic heterocycles. The number of nitriles is 1. The molecule has 1 heterocycles. The van der Waals surface area contributed by atoms with Crippen LogP contribution in [0.4, 0.5) is 19.0 Å². The molecule has 0 saturated heterocycles. The summed E-state index contributed by atoms with van der Waals surface area (Å²) >= 11 is 0. The normalized spacial score (nSPS) is 12.0. The van der Waals surface area contributed by atoms with Crippen LogP contribution in [0.2, 0.25) is 0 Å². The molecule has 3 rings (SSSR count). The number of pyridine rings is 1. The predicted molar refractivity (Wildman–Crippen MR) is 111 cm³/mol. The van der Waals surface area contributed by atoms with Crippen molar-refractivity contribution in [3.05, 3.63) is 65.2 Å². The van der Waals surface area contributed by atoms with E-state index in [4.69, 9.17) is 0 Å². The van der Waals surface area contributed by atoms with Crippen molar-refractivity contribution >= 4 is 26.7 Å². The lowest BCUT2D eigenvalue weighted by molar-refractivity contribution is -0.139. The van der Waals surface area contributed by atoms with Crippen LogP contribution in [0.25, 0.3) is 10.9 Å². The molecule has 0 unspecified atom stereocenters. The predicted octanol–water partition coefficient (Wildman–Crippen LogP) is 4.21. The van der Waals surface area contributed by atoms with Crippen LogP contribution in [0.1, 0.15) is 23.1 Å². The van der Waals surface area contributed by atoms with Gasteiger partial charge in [-0.3, -0.25) is 0 Å². The number of benzene rings is 2. The van der Waals surface area contributed by atoms with Gasteiger partial charge in [-0.1, -0.05) is 23.8 Å². The molecular weight excluding hydrogens is 429 g/mol. The van der Waals surface area contributed by atoms with Crippen LogP contribution < -0.4 is 10.0 Å². The number of fused-ring (bicyclic) bond motifs is 1. The van der Waals surface area contributed by atoms with Gasteiger partial charge in [0.15, 0.2) is 0 Å². The molecule has 3 aromatic rings. The molecule has 0 radical (unpaired) electrons. The molecule has 0 atom stereocenters. The molecule has 0 bridgehead atoms. The van der Waals surface area contributed by atoms with Crippen LogP contribution in [-0.2, 0) is 16.2 Å². The Hall–Kier alpha value is -3.16. The van der Waals surface area contributed by atoms with E-state index in [0.717, 1.165) is 29.1 Å². The highest BCUT2D eigenvalue weighted by atomic mass is 32.2. The zero-order valence-corrected chi connectivity index (χ0v) is 17.3. The van der Waals surface area contributed by atoms with Crippen molar-refractivity contribution in [1.29, 1.82) is 5.26 Å². The molecule has 0 amide bonds. The summed E-state index contributed by atoms with van der Waals surface area (Å²) in [7, 11) is -4.33. The summed E-state index contributed by atoms with van der Waals surface area (Å²) in [5.41, 5.74) is 0.877. The number of rotatable bonds is 7. The van der Waals surface area contributed by atoms with Gasteiger partial charge in [-0.15, -0.1) is 0 Å². The van der Waals surface area contributed by atoms with Crippen molar-refractivity contribution in [1.82, 2.24) is 9.71 Å². The molecule has 162 valence electrons. The second-order valence-electron chi connectivity index (χ2n) is 6.86. The number of alkyl halides is 3. The molecule has 0 fully saturated rings. The Morgan fingerprint density at radius 2 is 1.84 bits per heavy atom. The first kappa shape index (κ1) is 22.5. The smallest absolute Gasteiger partial charge is 0.369 e. The van der Waals surface area contributed by atoms with E-state index < -0.39 is 26.7 Å². The molecular formula is C21H19F3N4O2S. The van der Waals surface area contributed by atoms with Gasteiger partial charge in [0, 0.05) is 18.5 Å². The van der Waals surface area contributed by atoms with Gasteiger partial charge in [-0.05, 0) is 43.7 Å². The zero-order valence-electron chi connectivity index (χ0n) is 16.5. The SMILES string of the molecule is Cc1ccc2nc(NCCCNS(=O)(=O)c3ccccc3C(F)(F)F)c(C#N)cc2c1. The summed E-state index contributed by atoms with van der Waals surface area (Å²) in [5.74, 6) is 0.365. The maximum absolute atomic E-state index is 13.1. The fraction of sp³-hybridized carbons (Fsp3) is 0.238. The quantitative estimate of drug-likeness (QED) is 0.528. The largest absolute Gasteiger partial charge is 0.417 e. The number of aryl methyl sites for hydroxylation is 1. The first-order valence-corrected chi connectivity index (χ1v) is 10.8. The maximum atomic E-state index is 13.1. The van der Waals surface area contributed by atoms with Crippen LogP contribution >= 0.6 is 0 Å². The zero-order chi connectivity index (χ0) is 22.6. The molecule has 10 heteroatoms. The van der Waals surface area contributed by atoms with Crippen LogP contribution in [0.3, 0.4) is 0 Å². The Morgan fingerprint density at radius 3 is 2.55 bits per heavy atom. The van der Waals surface area contributed by atoms with Gasteiger partial charge in [-0.25, -0.2) is 18.1 Å². The molecule has 6 nitrogen and oxygen atoms in total. The van der Waals surface area contributed by atoms with E-state index in [2.05, 4.69) is 21.1 Å². The lowest BCUT2D eigenvalue weighted by Crippen LogP contribution is -2.28. The van der Waals surface area contributed by atoms with E-state index in [9.17, 15) is 26.9 Å². The fourth-order valence-electron chi connectivity index (χ4n) is 3.03. The van der Waals surface area contributed by atoms with E-state index in [-0.39, 0.29) is 19.5 Å². The monoisotopic (exact) mass is 448 g/mol. The second-order valence-corrected chi connectivity index (χ2v) is 8.60. The van der Waals surface area contributed by atoms with E-state index in [1.807, 2.05) is 25.1 Å². The molecule has 2 N–H and O–H groups in total. The minimum atomic E-state index is -4.78. The van der Waals surface area contributed by atoms with Gasteiger partial charge in [0.25, 0.3) is 0 Å². The van der Waals surface area contributed by atoms with Gasteiger partial charge < -0.3 is 5.32 Å². The molecule has 0 aliphatic heterocycles. The van der Waals surface area contributed by atoms with Crippen LogP contribution in [0.5, 0.6) is 0 Å². The highest BCUT2D eigenvalue weighted by Gasteiger charge is 2.36. The minimum absolute atomic E-state index is 0.0871. The molecule has 0 aliphatic rings. The van der Waals surface area contributed by atoms with Crippen molar-refractivity contribution in [2.24, 2.45) is 0 Å². The molecule has 0 aliphatic carbocycles. The summed E-state index contributed by atoms with van der Waals surface area (Å²) < 4.78 is 66.1. The topological polar surface area (TPSA) is 94.9 Å². The Balaban J connectivity index is 1.63. The summed E-state index contributed by atoms with van der Waals surface area (Å²) in [5, 5.41) is 13.2. The third kappa shape index (κ3) is 5.31. The lowest BCUT2D eigenvalue weighted by atomic mass is 10.1. The summed E-state index contributed by atoms with van der Waals surface area (Å²) in [6.07, 6.45) is -4.51. The minimum Gasteiger partial charge on any atom is -0.369 e. The summed E-state index contributed by atoms with van der Waals surface area (Å²) in [6.45, 7) is 2.12. The third-order valence-corrected chi connectivity index (χ3v) is 6.03. The van der Waals surface area contributed by atoms with Gasteiger partial charge in [0.1, 0.15) is 11.9 Å². The van der Waals surface area contributed by atoms with Crippen LogP contribution in [0.15, 0.2) is 53.4 Å². The average molecular weight is 448 g/mol. The van der Waals surface area contributed by atoms with Crippen molar-refractivity contribution in [2.45, 2.75) is 24.4 Å². The first-order chi connectivity index (χ1) is 14.6. The third-order valence-electron chi connectivity index (χ3n) is 4.51. The maximum Gasteiger partial charge on any atom is 0.417 e. The Labute approximate surface area is 177 Å². The number of aromatic nitrogens is 1. The van der Waals surface area contributed by atoms with Crippen molar-refractivity contribution in [3.8, 4) is 6.07 Å². The number of hydrogen-bond donors (Lipinski definition) is 2. The van der Waals surface area contributed by atoms with Crippen molar-refractivity contribution < 1.29 is 21.6 Å². The number of nitrogens with one attached hydrogen (secondary N) is 2. The Morgan fingerprint density at radius 1 is 1.10 bits per heavy atom. The van der Waals surface area contributed by atoms with Gasteiger partial charge in [0.05, 0.1) is 21.5 Å². The average Bonchev–Trinajstić information content (AvgIpc) is 2.72. The van der Waals surface area contributed by atoms with E-state index >= 15 is 0 Å². The van der Waals surface area contributed by atoms with E-state index in [1.54, 1.807) is 6.07 Å². The summed E-state index contributed by atoms with van der Waals surface area (Å²) in [6, 6.07) is 13.5. The Bertz CT molecular complexity index is 1250. The summed E-state index contributed by atoms with van der Waals surface area (Å²) in [4.78, 5) is 3.61. The second kappa shape index (κ2) is 8.91. The molecule has 0 saturated carbocycles. The highest BCUT2D eigenvalue weighted by molar-refractivity contribution is 7.89. The number of hydrogen-bond acceptors (Lipinski definition) is 5. The van der Waals surface area contributed by atoms with Crippen LogP contribution in [0, 0.1) is 18.3 Å². The molecule has 2 aromatic carbocycles. The fourth-order valence-corrected chi connectivity index (χ4v) is 4.33. The number of halogens is 3. The van der Waals surface area contributed by atoms with Crippen LogP contribution in [-0.4, -0.2) is 26.5 Å². The van der Waals surface area contributed by atoms with E-state index in [1.165, 1.54) is 6.07 Å². The highest BCUT2D eigenvalue weighted by Crippen LogP contribution is 2.33. The first-order valence-electron chi connectivity index (χ1n) is 9.33. The van der Waals surface area contributed by atoms with Crippen molar-refractivity contribution in [3.63, 3.8) is 0 Å². The van der Waals surface area contributed by atoms with E-state index in [0.29, 0.717) is 16.9 Å². The Kier molecular flexibility index (Phi) is 6.48. The standard InChI is InChI=1S/C21H19F3N4O2S/c1-14-7-8-18-15(11-14)12-16(13-25)20(28-18)26-9-4-10-27-31(29,30)19-6-3-2-5-17(19)21(22,23)24/h2-3,5-8,11-12,27H,4,9-10H2,1H3,(H,26,28). The molecule has 0 spiro atoms. The lowest BCUT2D eigenvalue weighted by Gasteiger charge is -2.14.